The highest BCUT2D eigenvalue weighted by Crippen LogP contribution is 2.18. The lowest BCUT2D eigenvalue weighted by Gasteiger charge is -2.21. The third-order valence-corrected chi connectivity index (χ3v) is 4.26. The van der Waals surface area contributed by atoms with Crippen LogP contribution in [0.2, 0.25) is 0 Å². The highest BCUT2D eigenvalue weighted by molar-refractivity contribution is 6.09. The number of anilines is 2. The standard InChI is InChI=1S/C22H21N3O2/c1-3-25(18-10-5-4-6-11-18)22(27)17-13-14-23-20(15-17)21(26)24-19-12-8-7-9-16(19)2/h4-15H,3H2,1-2H3,(H,24,26). The van der Waals surface area contributed by atoms with Gasteiger partial charge in [-0.3, -0.25) is 14.6 Å². The second-order valence-electron chi connectivity index (χ2n) is 6.08. The van der Waals surface area contributed by atoms with Gasteiger partial charge in [-0.15, -0.1) is 0 Å². The van der Waals surface area contributed by atoms with Gasteiger partial charge in [0.25, 0.3) is 11.8 Å². The largest absolute Gasteiger partial charge is 0.320 e. The van der Waals surface area contributed by atoms with E-state index in [1.165, 1.54) is 12.3 Å². The Labute approximate surface area is 158 Å². The number of rotatable bonds is 5. The predicted molar refractivity (Wildman–Crippen MR) is 107 cm³/mol. The van der Waals surface area contributed by atoms with Crippen LogP contribution in [-0.4, -0.2) is 23.3 Å². The molecule has 1 aromatic heterocycles. The molecular weight excluding hydrogens is 338 g/mol. The van der Waals surface area contributed by atoms with Crippen molar-refractivity contribution in [2.45, 2.75) is 13.8 Å². The van der Waals surface area contributed by atoms with E-state index in [9.17, 15) is 9.59 Å². The van der Waals surface area contributed by atoms with Crippen molar-refractivity contribution in [3.8, 4) is 0 Å². The highest BCUT2D eigenvalue weighted by atomic mass is 16.2. The maximum absolute atomic E-state index is 12.9. The molecule has 0 spiro atoms. The van der Waals surface area contributed by atoms with Crippen LogP contribution in [0.15, 0.2) is 72.9 Å². The van der Waals surface area contributed by atoms with Crippen LogP contribution < -0.4 is 10.2 Å². The van der Waals surface area contributed by atoms with Gasteiger partial charge in [0.15, 0.2) is 0 Å². The van der Waals surface area contributed by atoms with E-state index in [2.05, 4.69) is 10.3 Å². The quantitative estimate of drug-likeness (QED) is 0.738. The number of pyridine rings is 1. The van der Waals surface area contributed by atoms with Crippen molar-refractivity contribution in [1.82, 2.24) is 4.98 Å². The number of carbonyl (C=O) groups is 2. The van der Waals surface area contributed by atoms with Gasteiger partial charge >= 0.3 is 0 Å². The first-order valence-corrected chi connectivity index (χ1v) is 8.80. The molecule has 0 aliphatic heterocycles. The van der Waals surface area contributed by atoms with Crippen molar-refractivity contribution in [2.24, 2.45) is 0 Å². The van der Waals surface area contributed by atoms with Crippen molar-refractivity contribution in [2.75, 3.05) is 16.8 Å². The van der Waals surface area contributed by atoms with Crippen LogP contribution >= 0.6 is 0 Å². The SMILES string of the molecule is CCN(C(=O)c1ccnc(C(=O)Nc2ccccc2C)c1)c1ccccc1. The summed E-state index contributed by atoms with van der Waals surface area (Å²) in [5.74, 6) is -0.516. The lowest BCUT2D eigenvalue weighted by atomic mass is 10.1. The summed E-state index contributed by atoms with van der Waals surface area (Å²) >= 11 is 0. The third-order valence-electron chi connectivity index (χ3n) is 4.26. The van der Waals surface area contributed by atoms with Crippen molar-refractivity contribution in [3.63, 3.8) is 0 Å². The van der Waals surface area contributed by atoms with Crippen molar-refractivity contribution in [1.29, 1.82) is 0 Å². The fraction of sp³-hybridized carbons (Fsp3) is 0.136. The number of aromatic nitrogens is 1. The van der Waals surface area contributed by atoms with Crippen molar-refractivity contribution >= 4 is 23.2 Å². The van der Waals surface area contributed by atoms with Gasteiger partial charge in [-0.2, -0.15) is 0 Å². The minimum atomic E-state index is -0.346. The topological polar surface area (TPSA) is 62.3 Å². The zero-order valence-corrected chi connectivity index (χ0v) is 15.3. The molecule has 5 nitrogen and oxygen atoms in total. The number of carbonyl (C=O) groups excluding carboxylic acids is 2. The van der Waals surface area contributed by atoms with Gasteiger partial charge in [-0.1, -0.05) is 36.4 Å². The molecule has 5 heteroatoms. The maximum Gasteiger partial charge on any atom is 0.274 e. The number of nitrogens with one attached hydrogen (secondary N) is 1. The average molecular weight is 359 g/mol. The molecule has 0 unspecified atom stereocenters. The zero-order chi connectivity index (χ0) is 19.2. The van der Waals surface area contributed by atoms with E-state index in [1.54, 1.807) is 11.0 Å². The molecule has 2 amide bonds. The Balaban J connectivity index is 1.83. The molecule has 0 saturated carbocycles. The lowest BCUT2D eigenvalue weighted by Crippen LogP contribution is -2.30. The zero-order valence-electron chi connectivity index (χ0n) is 15.3. The van der Waals surface area contributed by atoms with Gasteiger partial charge in [0, 0.05) is 29.7 Å². The third kappa shape index (κ3) is 4.20. The summed E-state index contributed by atoms with van der Waals surface area (Å²) in [5, 5.41) is 2.84. The highest BCUT2D eigenvalue weighted by Gasteiger charge is 2.18. The van der Waals surface area contributed by atoms with E-state index in [0.717, 1.165) is 16.9 Å². The minimum absolute atomic E-state index is 0.170. The number of nitrogens with zero attached hydrogens (tertiary/aromatic N) is 2. The maximum atomic E-state index is 12.9. The molecule has 3 aromatic rings. The number of aryl methyl sites for hydroxylation is 1. The summed E-state index contributed by atoms with van der Waals surface area (Å²) in [6, 6.07) is 20.1. The molecule has 1 heterocycles. The van der Waals surface area contributed by atoms with Gasteiger partial charge in [0.05, 0.1) is 0 Å². The Bertz CT molecular complexity index is 955. The normalized spacial score (nSPS) is 10.3. The Kier molecular flexibility index (Phi) is 5.61. The second kappa shape index (κ2) is 8.27. The molecule has 27 heavy (non-hydrogen) atoms. The number of benzene rings is 2. The molecule has 0 bridgehead atoms. The molecule has 0 radical (unpaired) electrons. The molecule has 0 fully saturated rings. The fourth-order valence-corrected chi connectivity index (χ4v) is 2.79. The Hall–Kier alpha value is -3.47. The van der Waals surface area contributed by atoms with E-state index < -0.39 is 0 Å². The van der Waals surface area contributed by atoms with Gasteiger partial charge in [0.1, 0.15) is 5.69 Å². The first kappa shape index (κ1) is 18.3. The smallest absolute Gasteiger partial charge is 0.274 e. The second-order valence-corrected chi connectivity index (χ2v) is 6.08. The summed E-state index contributed by atoms with van der Waals surface area (Å²) in [6.07, 6.45) is 1.48. The predicted octanol–water partition coefficient (Wildman–Crippen LogP) is 4.31. The summed E-state index contributed by atoms with van der Waals surface area (Å²) < 4.78 is 0. The lowest BCUT2D eigenvalue weighted by molar-refractivity contribution is 0.0988. The Morgan fingerprint density at radius 1 is 1.00 bits per heavy atom. The van der Waals surface area contributed by atoms with Crippen LogP contribution in [0.5, 0.6) is 0 Å². The van der Waals surface area contributed by atoms with Crippen molar-refractivity contribution < 1.29 is 9.59 Å². The molecule has 2 aromatic carbocycles. The first-order valence-electron chi connectivity index (χ1n) is 8.80. The van der Waals surface area contributed by atoms with Crippen molar-refractivity contribution in [3.05, 3.63) is 89.7 Å². The van der Waals surface area contributed by atoms with E-state index in [-0.39, 0.29) is 17.5 Å². The number of hydrogen-bond acceptors (Lipinski definition) is 3. The molecule has 0 saturated heterocycles. The first-order chi connectivity index (χ1) is 13.1. The van der Waals surface area contributed by atoms with Crippen LogP contribution in [0.3, 0.4) is 0 Å². The van der Waals surface area contributed by atoms with E-state index in [4.69, 9.17) is 0 Å². The number of para-hydroxylation sites is 2. The van der Waals surface area contributed by atoms with E-state index in [0.29, 0.717) is 12.1 Å². The van der Waals surface area contributed by atoms with Crippen LogP contribution in [0.25, 0.3) is 0 Å². The Morgan fingerprint density at radius 2 is 1.70 bits per heavy atom. The van der Waals surface area contributed by atoms with Crippen LogP contribution in [0, 0.1) is 6.92 Å². The molecule has 0 atom stereocenters. The molecular formula is C22H21N3O2. The van der Waals surface area contributed by atoms with Crippen LogP contribution in [0.4, 0.5) is 11.4 Å². The van der Waals surface area contributed by atoms with E-state index in [1.807, 2.05) is 68.4 Å². The summed E-state index contributed by atoms with van der Waals surface area (Å²) in [6.45, 7) is 4.36. The summed E-state index contributed by atoms with van der Waals surface area (Å²) in [7, 11) is 0. The van der Waals surface area contributed by atoms with Crippen LogP contribution in [-0.2, 0) is 0 Å². The van der Waals surface area contributed by atoms with Crippen LogP contribution in [0.1, 0.15) is 33.3 Å². The molecule has 136 valence electrons. The summed E-state index contributed by atoms with van der Waals surface area (Å²) in [5.41, 5.74) is 3.12. The van der Waals surface area contributed by atoms with Gasteiger partial charge in [-0.25, -0.2) is 0 Å². The van der Waals surface area contributed by atoms with Gasteiger partial charge in [0.2, 0.25) is 0 Å². The molecule has 0 aliphatic carbocycles. The Morgan fingerprint density at radius 3 is 2.41 bits per heavy atom. The minimum Gasteiger partial charge on any atom is -0.320 e. The van der Waals surface area contributed by atoms with E-state index >= 15 is 0 Å². The number of hydrogen-bond donors (Lipinski definition) is 1. The molecule has 0 aliphatic rings. The fourth-order valence-electron chi connectivity index (χ4n) is 2.79. The van der Waals surface area contributed by atoms with Gasteiger partial charge in [-0.05, 0) is 49.7 Å². The summed E-state index contributed by atoms with van der Waals surface area (Å²) in [4.78, 5) is 31.3. The molecule has 1 N–H and O–H groups in total. The van der Waals surface area contributed by atoms with Gasteiger partial charge < -0.3 is 10.2 Å². The monoisotopic (exact) mass is 359 g/mol. The number of amides is 2. The molecule has 3 rings (SSSR count). The average Bonchev–Trinajstić information content (AvgIpc) is 2.71.